The van der Waals surface area contributed by atoms with Gasteiger partial charge in [0.2, 0.25) is 0 Å². The highest BCUT2D eigenvalue weighted by Crippen LogP contribution is 2.16. The van der Waals surface area contributed by atoms with E-state index in [4.69, 9.17) is 5.73 Å². The zero-order valence-corrected chi connectivity index (χ0v) is 11.1. The smallest absolute Gasteiger partial charge is 0.123 e. The number of nitrogens with two attached hydrogens (primary N) is 1. The van der Waals surface area contributed by atoms with Crippen molar-refractivity contribution in [1.82, 2.24) is 20.3 Å². The maximum absolute atomic E-state index is 5.71. The first-order valence-corrected chi connectivity index (χ1v) is 6.49. The van der Waals surface area contributed by atoms with Crippen LogP contribution in [0.5, 0.6) is 0 Å². The Hall–Kier alpha value is -2.01. The van der Waals surface area contributed by atoms with Crippen LogP contribution in [0.2, 0.25) is 0 Å². The summed E-state index contributed by atoms with van der Waals surface area (Å²) in [7, 11) is 0. The first-order valence-electron chi connectivity index (χ1n) is 6.49. The molecular weight excluding hydrogens is 238 g/mol. The van der Waals surface area contributed by atoms with Gasteiger partial charge in [-0.15, -0.1) is 0 Å². The molecule has 2 rings (SSSR count). The van der Waals surface area contributed by atoms with Gasteiger partial charge in [0.1, 0.15) is 5.82 Å². The van der Waals surface area contributed by atoms with E-state index in [0.717, 1.165) is 30.6 Å². The van der Waals surface area contributed by atoms with E-state index in [2.05, 4.69) is 27.2 Å². The van der Waals surface area contributed by atoms with E-state index >= 15 is 0 Å². The minimum Gasteiger partial charge on any atom is -0.384 e. The number of hydrogen-bond acceptors (Lipinski definition) is 5. The molecule has 19 heavy (non-hydrogen) atoms. The summed E-state index contributed by atoms with van der Waals surface area (Å²) in [4.78, 5) is 12.5. The fourth-order valence-corrected chi connectivity index (χ4v) is 1.95. The number of anilines is 1. The fourth-order valence-electron chi connectivity index (χ4n) is 1.95. The van der Waals surface area contributed by atoms with Gasteiger partial charge in [-0.05, 0) is 37.1 Å². The lowest BCUT2D eigenvalue weighted by Gasteiger charge is -2.17. The molecule has 2 heterocycles. The van der Waals surface area contributed by atoms with Gasteiger partial charge in [-0.3, -0.25) is 9.97 Å². The lowest BCUT2D eigenvalue weighted by molar-refractivity contribution is 0.516. The van der Waals surface area contributed by atoms with E-state index in [1.807, 2.05) is 12.1 Å². The quantitative estimate of drug-likeness (QED) is 0.824. The van der Waals surface area contributed by atoms with Gasteiger partial charge in [-0.1, -0.05) is 6.92 Å². The average molecular weight is 257 g/mol. The van der Waals surface area contributed by atoms with Crippen LogP contribution in [0.4, 0.5) is 5.82 Å². The lowest BCUT2D eigenvalue weighted by atomic mass is 10.0. The molecule has 0 radical (unpaired) electrons. The average Bonchev–Trinajstić information content (AvgIpc) is 2.44. The number of aromatic nitrogens is 3. The number of pyridine rings is 1. The first kappa shape index (κ1) is 13.4. The van der Waals surface area contributed by atoms with Crippen LogP contribution in [0.1, 0.15) is 30.6 Å². The van der Waals surface area contributed by atoms with Gasteiger partial charge in [0.25, 0.3) is 0 Å². The molecule has 2 aromatic rings. The standard InChI is InChI=1S/C14H19N5/c1-2-4-17-12(13-10-16-6-7-18-13)8-11-3-5-19-14(15)9-11/h3,5-7,9-10,12,17H,2,4,8H2,1H3,(H2,15,19). The van der Waals surface area contributed by atoms with Crippen molar-refractivity contribution in [3.05, 3.63) is 48.2 Å². The molecule has 5 nitrogen and oxygen atoms in total. The monoisotopic (exact) mass is 257 g/mol. The predicted octanol–water partition coefficient (Wildman–Crippen LogP) is 1.74. The van der Waals surface area contributed by atoms with Crippen molar-refractivity contribution in [2.45, 2.75) is 25.8 Å². The highest BCUT2D eigenvalue weighted by atomic mass is 14.9. The maximum Gasteiger partial charge on any atom is 0.123 e. The Morgan fingerprint density at radius 1 is 1.26 bits per heavy atom. The largest absolute Gasteiger partial charge is 0.384 e. The summed E-state index contributed by atoms with van der Waals surface area (Å²) < 4.78 is 0. The molecule has 100 valence electrons. The van der Waals surface area contributed by atoms with Crippen molar-refractivity contribution in [1.29, 1.82) is 0 Å². The molecule has 0 saturated heterocycles. The highest BCUT2D eigenvalue weighted by Gasteiger charge is 2.13. The van der Waals surface area contributed by atoms with Gasteiger partial charge in [0, 0.05) is 24.8 Å². The Morgan fingerprint density at radius 2 is 2.16 bits per heavy atom. The van der Waals surface area contributed by atoms with Crippen LogP contribution in [0.3, 0.4) is 0 Å². The van der Waals surface area contributed by atoms with Gasteiger partial charge in [-0.2, -0.15) is 0 Å². The van der Waals surface area contributed by atoms with Crippen LogP contribution >= 0.6 is 0 Å². The third kappa shape index (κ3) is 3.99. The number of rotatable bonds is 6. The zero-order valence-electron chi connectivity index (χ0n) is 11.1. The molecule has 3 N–H and O–H groups in total. The molecular formula is C14H19N5. The van der Waals surface area contributed by atoms with Gasteiger partial charge in [0.05, 0.1) is 11.7 Å². The lowest BCUT2D eigenvalue weighted by Crippen LogP contribution is -2.25. The third-order valence-corrected chi connectivity index (χ3v) is 2.87. The molecule has 0 amide bonds. The first-order chi connectivity index (χ1) is 9.29. The van der Waals surface area contributed by atoms with Crippen LogP contribution in [0.15, 0.2) is 36.9 Å². The summed E-state index contributed by atoms with van der Waals surface area (Å²) >= 11 is 0. The van der Waals surface area contributed by atoms with Gasteiger partial charge in [0.15, 0.2) is 0 Å². The maximum atomic E-state index is 5.71. The number of hydrogen-bond donors (Lipinski definition) is 2. The second kappa shape index (κ2) is 6.80. The fraction of sp³-hybridized carbons (Fsp3) is 0.357. The highest BCUT2D eigenvalue weighted by molar-refractivity contribution is 5.32. The molecule has 0 bridgehead atoms. The van der Waals surface area contributed by atoms with Crippen molar-refractivity contribution >= 4 is 5.82 Å². The molecule has 1 atom stereocenters. The molecule has 0 fully saturated rings. The molecule has 0 spiro atoms. The van der Waals surface area contributed by atoms with Crippen LogP contribution in [0, 0.1) is 0 Å². The summed E-state index contributed by atoms with van der Waals surface area (Å²) in [6.07, 6.45) is 8.85. The van der Waals surface area contributed by atoms with E-state index in [1.54, 1.807) is 24.8 Å². The van der Waals surface area contributed by atoms with Crippen LogP contribution in [0.25, 0.3) is 0 Å². The Morgan fingerprint density at radius 3 is 2.84 bits per heavy atom. The number of nitrogens with one attached hydrogen (secondary N) is 1. The Kier molecular flexibility index (Phi) is 4.80. The second-order valence-corrected chi connectivity index (χ2v) is 4.43. The third-order valence-electron chi connectivity index (χ3n) is 2.87. The van der Waals surface area contributed by atoms with Crippen LogP contribution in [-0.4, -0.2) is 21.5 Å². The van der Waals surface area contributed by atoms with E-state index in [9.17, 15) is 0 Å². The summed E-state index contributed by atoms with van der Waals surface area (Å²) in [6, 6.07) is 4.03. The molecule has 1 unspecified atom stereocenters. The second-order valence-electron chi connectivity index (χ2n) is 4.43. The minimum absolute atomic E-state index is 0.149. The summed E-state index contributed by atoms with van der Waals surface area (Å²) in [5.74, 6) is 0.547. The van der Waals surface area contributed by atoms with Crippen molar-refractivity contribution < 1.29 is 0 Å². The van der Waals surface area contributed by atoms with Crippen molar-refractivity contribution in [3.63, 3.8) is 0 Å². The Balaban J connectivity index is 2.14. The molecule has 0 aromatic carbocycles. The molecule has 2 aromatic heterocycles. The van der Waals surface area contributed by atoms with E-state index in [0.29, 0.717) is 5.82 Å². The molecule has 0 aliphatic heterocycles. The summed E-state index contributed by atoms with van der Waals surface area (Å²) in [5.41, 5.74) is 7.81. The van der Waals surface area contributed by atoms with Crippen LogP contribution < -0.4 is 11.1 Å². The normalized spacial score (nSPS) is 12.3. The molecule has 5 heteroatoms. The molecule has 0 aliphatic carbocycles. The summed E-state index contributed by atoms with van der Waals surface area (Å²) in [6.45, 7) is 3.09. The predicted molar refractivity (Wildman–Crippen MR) is 75.4 cm³/mol. The van der Waals surface area contributed by atoms with Crippen molar-refractivity contribution in [3.8, 4) is 0 Å². The van der Waals surface area contributed by atoms with Crippen molar-refractivity contribution in [2.75, 3.05) is 12.3 Å². The number of nitrogen functional groups attached to an aromatic ring is 1. The minimum atomic E-state index is 0.149. The van der Waals surface area contributed by atoms with E-state index < -0.39 is 0 Å². The van der Waals surface area contributed by atoms with Gasteiger partial charge >= 0.3 is 0 Å². The van der Waals surface area contributed by atoms with E-state index in [-0.39, 0.29) is 6.04 Å². The van der Waals surface area contributed by atoms with E-state index in [1.165, 1.54) is 0 Å². The van der Waals surface area contributed by atoms with Gasteiger partial charge in [-0.25, -0.2) is 4.98 Å². The SMILES string of the molecule is CCCNC(Cc1ccnc(N)c1)c1cnccn1. The summed E-state index contributed by atoms with van der Waals surface area (Å²) in [5, 5.41) is 3.49. The Labute approximate surface area is 113 Å². The topological polar surface area (TPSA) is 76.7 Å². The van der Waals surface area contributed by atoms with Crippen molar-refractivity contribution in [2.24, 2.45) is 0 Å². The number of nitrogens with zero attached hydrogens (tertiary/aromatic N) is 3. The molecule has 0 aliphatic rings. The zero-order chi connectivity index (χ0) is 13.5. The van der Waals surface area contributed by atoms with Gasteiger partial charge < -0.3 is 11.1 Å². The molecule has 0 saturated carbocycles. The van der Waals surface area contributed by atoms with Crippen LogP contribution in [-0.2, 0) is 6.42 Å². The Bertz CT molecular complexity index is 500.